The Morgan fingerprint density at radius 3 is 2.70 bits per heavy atom. The molecule has 0 N–H and O–H groups in total. The summed E-state index contributed by atoms with van der Waals surface area (Å²) in [7, 11) is 1.33. The summed E-state index contributed by atoms with van der Waals surface area (Å²) in [6, 6.07) is 9.39. The van der Waals surface area contributed by atoms with E-state index < -0.39 is 11.8 Å². The van der Waals surface area contributed by atoms with Gasteiger partial charge in [0.1, 0.15) is 5.82 Å². The highest BCUT2D eigenvalue weighted by molar-refractivity contribution is 6.33. The number of ether oxygens (including phenoxy) is 1. The maximum absolute atomic E-state index is 13.3. The average molecular weight is 330 g/mol. The molecule has 0 atom stereocenters. The van der Waals surface area contributed by atoms with Crippen LogP contribution >= 0.6 is 11.6 Å². The highest BCUT2D eigenvalue weighted by Crippen LogP contribution is 2.36. The van der Waals surface area contributed by atoms with Gasteiger partial charge in [-0.3, -0.25) is 4.98 Å². The second kappa shape index (κ2) is 5.97. The van der Waals surface area contributed by atoms with Crippen LogP contribution in [-0.4, -0.2) is 18.1 Å². The van der Waals surface area contributed by atoms with E-state index in [4.69, 9.17) is 16.3 Å². The minimum absolute atomic E-state index is 0.309. The second-order valence-electron chi connectivity index (χ2n) is 5.16. The van der Waals surface area contributed by atoms with Crippen molar-refractivity contribution in [2.24, 2.45) is 0 Å². The van der Waals surface area contributed by atoms with Crippen molar-refractivity contribution in [1.82, 2.24) is 4.98 Å². The van der Waals surface area contributed by atoms with Gasteiger partial charge in [0.25, 0.3) is 0 Å². The van der Waals surface area contributed by atoms with Gasteiger partial charge in [-0.1, -0.05) is 11.6 Å². The Labute approximate surface area is 137 Å². The van der Waals surface area contributed by atoms with Crippen LogP contribution in [0.4, 0.5) is 4.39 Å². The van der Waals surface area contributed by atoms with Crippen molar-refractivity contribution in [1.29, 1.82) is 0 Å². The zero-order valence-electron chi connectivity index (χ0n) is 12.6. The number of hydrogen-bond acceptors (Lipinski definition) is 3. The summed E-state index contributed by atoms with van der Waals surface area (Å²) in [5.74, 6) is -0.824. The Kier molecular flexibility index (Phi) is 4.01. The Morgan fingerprint density at radius 1 is 1.22 bits per heavy atom. The molecular weight excluding hydrogens is 317 g/mol. The number of aryl methyl sites for hydroxylation is 1. The van der Waals surface area contributed by atoms with E-state index in [0.29, 0.717) is 16.1 Å². The molecule has 0 aliphatic carbocycles. The van der Waals surface area contributed by atoms with Crippen molar-refractivity contribution in [2.75, 3.05) is 7.11 Å². The summed E-state index contributed by atoms with van der Waals surface area (Å²) in [6.45, 7) is 1.90. The van der Waals surface area contributed by atoms with Gasteiger partial charge in [-0.2, -0.15) is 0 Å². The number of esters is 1. The smallest absolute Gasteiger partial charge is 0.337 e. The number of hydrogen-bond donors (Lipinski definition) is 0. The maximum atomic E-state index is 13.3. The van der Waals surface area contributed by atoms with Gasteiger partial charge in [-0.05, 0) is 54.4 Å². The van der Waals surface area contributed by atoms with E-state index in [2.05, 4.69) is 4.98 Å². The summed E-state index contributed by atoms with van der Waals surface area (Å²) in [5, 5.41) is 1.07. The summed E-state index contributed by atoms with van der Waals surface area (Å²) >= 11 is 6.21. The minimum atomic E-state index is -0.426. The fraction of sp³-hybridized carbons (Fsp3) is 0.111. The zero-order chi connectivity index (χ0) is 16.6. The van der Waals surface area contributed by atoms with Gasteiger partial charge in [0.15, 0.2) is 0 Å². The number of nitrogens with zero attached hydrogens (tertiary/aromatic N) is 1. The first-order chi connectivity index (χ1) is 11.0. The molecule has 5 heteroatoms. The summed E-state index contributed by atoms with van der Waals surface area (Å²) in [5.41, 5.74) is 3.55. The van der Waals surface area contributed by atoms with Crippen LogP contribution in [0.2, 0.25) is 5.02 Å². The molecule has 0 amide bonds. The lowest BCUT2D eigenvalue weighted by atomic mass is 9.96. The van der Waals surface area contributed by atoms with Crippen LogP contribution in [0.5, 0.6) is 0 Å². The molecule has 1 heterocycles. The minimum Gasteiger partial charge on any atom is -0.465 e. The van der Waals surface area contributed by atoms with Crippen molar-refractivity contribution in [3.05, 3.63) is 64.6 Å². The molecule has 23 heavy (non-hydrogen) atoms. The maximum Gasteiger partial charge on any atom is 0.337 e. The van der Waals surface area contributed by atoms with Crippen molar-refractivity contribution >= 4 is 28.5 Å². The fourth-order valence-electron chi connectivity index (χ4n) is 2.59. The Hall–Kier alpha value is -2.46. The van der Waals surface area contributed by atoms with Crippen LogP contribution in [0, 0.1) is 12.7 Å². The van der Waals surface area contributed by atoms with Crippen molar-refractivity contribution in [3.8, 4) is 11.1 Å². The lowest BCUT2D eigenvalue weighted by Crippen LogP contribution is -2.01. The molecule has 2 aromatic carbocycles. The fourth-order valence-corrected chi connectivity index (χ4v) is 2.85. The number of rotatable bonds is 2. The highest BCUT2D eigenvalue weighted by atomic mass is 35.5. The number of carbonyl (C=O) groups is 1. The number of carbonyl (C=O) groups excluding carboxylic acids is 1. The SMILES string of the molecule is COC(=O)c1ccc2ncc(C)c(-c3ccc(F)cc3Cl)c2c1. The van der Waals surface area contributed by atoms with Gasteiger partial charge >= 0.3 is 5.97 Å². The molecule has 0 spiro atoms. The Bertz CT molecular complexity index is 924. The molecule has 0 aliphatic heterocycles. The Balaban J connectivity index is 2.33. The quantitative estimate of drug-likeness (QED) is 0.634. The van der Waals surface area contributed by atoms with Gasteiger partial charge in [-0.15, -0.1) is 0 Å². The molecule has 0 bridgehead atoms. The topological polar surface area (TPSA) is 39.2 Å². The number of methoxy groups -OCH3 is 1. The van der Waals surface area contributed by atoms with Crippen molar-refractivity contribution in [3.63, 3.8) is 0 Å². The van der Waals surface area contributed by atoms with Gasteiger partial charge in [0.05, 0.1) is 23.2 Å². The number of pyridine rings is 1. The molecule has 3 nitrogen and oxygen atoms in total. The third-order valence-corrected chi connectivity index (χ3v) is 3.99. The molecule has 0 saturated heterocycles. The second-order valence-corrected chi connectivity index (χ2v) is 5.57. The molecule has 0 radical (unpaired) electrons. The molecule has 0 aliphatic rings. The van der Waals surface area contributed by atoms with Crippen molar-refractivity contribution < 1.29 is 13.9 Å². The van der Waals surface area contributed by atoms with Crippen molar-refractivity contribution in [2.45, 2.75) is 6.92 Å². The standard InChI is InChI=1S/C18H13ClFNO2/c1-10-9-21-16-6-3-11(18(22)23-2)7-14(16)17(10)13-5-4-12(20)8-15(13)19/h3-9H,1-2H3. The number of fused-ring (bicyclic) bond motifs is 1. The zero-order valence-corrected chi connectivity index (χ0v) is 13.3. The number of halogens is 2. The molecule has 0 saturated carbocycles. The van der Waals surface area contributed by atoms with Crippen LogP contribution in [0.3, 0.4) is 0 Å². The summed E-state index contributed by atoms with van der Waals surface area (Å²) in [6.07, 6.45) is 1.73. The molecular formula is C18H13ClFNO2. The summed E-state index contributed by atoms with van der Waals surface area (Å²) in [4.78, 5) is 16.2. The van der Waals surface area contributed by atoms with E-state index in [-0.39, 0.29) is 0 Å². The predicted octanol–water partition coefficient (Wildman–Crippen LogP) is 4.79. The van der Waals surface area contributed by atoms with E-state index in [1.54, 1.807) is 30.5 Å². The van der Waals surface area contributed by atoms with Gasteiger partial charge in [-0.25, -0.2) is 9.18 Å². The molecule has 0 unspecified atom stereocenters. The number of aromatic nitrogens is 1. The predicted molar refractivity (Wildman–Crippen MR) is 88.2 cm³/mol. The lowest BCUT2D eigenvalue weighted by Gasteiger charge is -2.12. The largest absolute Gasteiger partial charge is 0.465 e. The van der Waals surface area contributed by atoms with E-state index in [0.717, 1.165) is 22.0 Å². The lowest BCUT2D eigenvalue weighted by molar-refractivity contribution is 0.0601. The normalized spacial score (nSPS) is 10.8. The highest BCUT2D eigenvalue weighted by Gasteiger charge is 2.14. The first-order valence-corrected chi connectivity index (χ1v) is 7.32. The van der Waals surface area contributed by atoms with E-state index in [1.807, 2.05) is 6.92 Å². The van der Waals surface area contributed by atoms with Crippen LogP contribution < -0.4 is 0 Å². The third-order valence-electron chi connectivity index (χ3n) is 3.68. The monoisotopic (exact) mass is 329 g/mol. The summed E-state index contributed by atoms with van der Waals surface area (Å²) < 4.78 is 18.1. The van der Waals surface area contributed by atoms with Crippen LogP contribution in [0.15, 0.2) is 42.6 Å². The van der Waals surface area contributed by atoms with Gasteiger partial charge < -0.3 is 4.74 Å². The molecule has 0 fully saturated rings. The van der Waals surface area contributed by atoms with Gasteiger partial charge in [0, 0.05) is 17.1 Å². The average Bonchev–Trinajstić information content (AvgIpc) is 2.54. The first kappa shape index (κ1) is 15.4. The molecule has 3 aromatic rings. The van der Waals surface area contributed by atoms with Crippen LogP contribution in [-0.2, 0) is 4.74 Å². The van der Waals surface area contributed by atoms with E-state index in [1.165, 1.54) is 19.2 Å². The Morgan fingerprint density at radius 2 is 2.00 bits per heavy atom. The van der Waals surface area contributed by atoms with Crippen LogP contribution in [0.25, 0.3) is 22.0 Å². The van der Waals surface area contributed by atoms with E-state index >= 15 is 0 Å². The first-order valence-electron chi connectivity index (χ1n) is 6.94. The molecule has 1 aromatic heterocycles. The number of benzene rings is 2. The van der Waals surface area contributed by atoms with E-state index in [9.17, 15) is 9.18 Å². The molecule has 3 rings (SSSR count). The third kappa shape index (κ3) is 2.78. The van der Waals surface area contributed by atoms with Gasteiger partial charge in [0.2, 0.25) is 0 Å². The molecule has 116 valence electrons. The van der Waals surface area contributed by atoms with Crippen LogP contribution in [0.1, 0.15) is 15.9 Å².